The zero-order valence-electron chi connectivity index (χ0n) is 11.1. The summed E-state index contributed by atoms with van der Waals surface area (Å²) in [6.45, 7) is 4.07. The highest BCUT2D eigenvalue weighted by atomic mass is 19.1. The largest absolute Gasteiger partial charge is 0.495 e. The Hall–Kier alpha value is -2.20. The molecule has 1 unspecified atom stereocenters. The highest BCUT2D eigenvalue weighted by Crippen LogP contribution is 2.32. The van der Waals surface area contributed by atoms with Crippen LogP contribution >= 0.6 is 0 Å². The van der Waals surface area contributed by atoms with Gasteiger partial charge >= 0.3 is 0 Å². The van der Waals surface area contributed by atoms with Crippen molar-refractivity contribution in [1.82, 2.24) is 4.57 Å². The summed E-state index contributed by atoms with van der Waals surface area (Å²) in [5, 5.41) is 4.41. The molecule has 19 heavy (non-hydrogen) atoms. The Labute approximate surface area is 110 Å². The summed E-state index contributed by atoms with van der Waals surface area (Å²) < 4.78 is 20.8. The molecule has 2 aromatic rings. The van der Waals surface area contributed by atoms with Crippen LogP contribution in [-0.4, -0.2) is 17.7 Å². The Morgan fingerprint density at radius 1 is 1.53 bits per heavy atom. The monoisotopic (exact) mass is 262 g/mol. The van der Waals surface area contributed by atoms with E-state index in [9.17, 15) is 4.39 Å². The van der Waals surface area contributed by atoms with E-state index in [-0.39, 0.29) is 11.9 Å². The standard InChI is InChI=1S/C13H15FN4O/c1-8(16-17-15)6-18-7-12(19-3)13-9(2)10(14)4-5-11(13)18/h4-5,7-8H,6H2,1-3H3. The first-order valence-corrected chi connectivity index (χ1v) is 5.94. The highest BCUT2D eigenvalue weighted by Gasteiger charge is 2.14. The number of ether oxygens (including phenoxy) is 1. The van der Waals surface area contributed by atoms with Crippen molar-refractivity contribution < 1.29 is 9.13 Å². The minimum absolute atomic E-state index is 0.185. The smallest absolute Gasteiger partial charge is 0.144 e. The van der Waals surface area contributed by atoms with Gasteiger partial charge in [-0.15, -0.1) is 0 Å². The van der Waals surface area contributed by atoms with Crippen molar-refractivity contribution in [2.24, 2.45) is 5.11 Å². The van der Waals surface area contributed by atoms with Crippen LogP contribution in [-0.2, 0) is 6.54 Å². The molecule has 1 aromatic carbocycles. The summed E-state index contributed by atoms with van der Waals surface area (Å²) in [5.74, 6) is 0.367. The molecule has 0 amide bonds. The quantitative estimate of drug-likeness (QED) is 0.469. The van der Waals surface area contributed by atoms with Gasteiger partial charge in [0.2, 0.25) is 0 Å². The first-order chi connectivity index (χ1) is 9.08. The zero-order chi connectivity index (χ0) is 14.0. The molecule has 5 nitrogen and oxygen atoms in total. The van der Waals surface area contributed by atoms with E-state index in [4.69, 9.17) is 10.3 Å². The Kier molecular flexibility index (Phi) is 3.62. The Bertz CT molecular complexity index is 658. The molecule has 0 aliphatic heterocycles. The van der Waals surface area contributed by atoms with Gasteiger partial charge in [-0.3, -0.25) is 0 Å². The van der Waals surface area contributed by atoms with Crippen LogP contribution in [0, 0.1) is 12.7 Å². The predicted molar refractivity (Wildman–Crippen MR) is 71.8 cm³/mol. The van der Waals surface area contributed by atoms with Crippen LogP contribution in [0.25, 0.3) is 21.3 Å². The van der Waals surface area contributed by atoms with Crippen molar-refractivity contribution in [3.63, 3.8) is 0 Å². The van der Waals surface area contributed by atoms with E-state index < -0.39 is 0 Å². The molecule has 0 aliphatic rings. The van der Waals surface area contributed by atoms with Crippen molar-refractivity contribution in [2.45, 2.75) is 26.4 Å². The van der Waals surface area contributed by atoms with Crippen LogP contribution in [0.4, 0.5) is 4.39 Å². The highest BCUT2D eigenvalue weighted by molar-refractivity contribution is 5.90. The topological polar surface area (TPSA) is 62.9 Å². The fraction of sp³-hybridized carbons (Fsp3) is 0.385. The Balaban J connectivity index is 2.57. The number of rotatable bonds is 4. The summed E-state index contributed by atoms with van der Waals surface area (Å²) in [4.78, 5) is 2.79. The number of aryl methyl sites for hydroxylation is 1. The lowest BCUT2D eigenvalue weighted by Crippen LogP contribution is -2.08. The molecule has 0 aliphatic carbocycles. The second kappa shape index (κ2) is 5.20. The van der Waals surface area contributed by atoms with E-state index in [1.807, 2.05) is 11.5 Å². The minimum Gasteiger partial charge on any atom is -0.495 e. The molecular weight excluding hydrogens is 247 g/mol. The summed E-state index contributed by atoms with van der Waals surface area (Å²) >= 11 is 0. The van der Waals surface area contributed by atoms with Crippen LogP contribution in [0.2, 0.25) is 0 Å². The van der Waals surface area contributed by atoms with Crippen LogP contribution in [0.15, 0.2) is 23.4 Å². The molecular formula is C13H15FN4O. The number of aromatic nitrogens is 1. The molecule has 1 aromatic heterocycles. The van der Waals surface area contributed by atoms with E-state index in [1.54, 1.807) is 26.3 Å². The molecule has 6 heteroatoms. The third-order valence-corrected chi connectivity index (χ3v) is 3.14. The maximum absolute atomic E-state index is 13.6. The van der Waals surface area contributed by atoms with Gasteiger partial charge in [-0.2, -0.15) is 0 Å². The van der Waals surface area contributed by atoms with E-state index in [2.05, 4.69) is 10.0 Å². The SMILES string of the molecule is COc1cn(CC(C)N=[N+]=[N-])c2ccc(F)c(C)c12. The number of hydrogen-bond donors (Lipinski definition) is 0. The summed E-state index contributed by atoms with van der Waals surface area (Å²) in [5.41, 5.74) is 9.87. The molecule has 0 N–H and O–H groups in total. The maximum atomic E-state index is 13.6. The van der Waals surface area contributed by atoms with Gasteiger partial charge in [-0.05, 0) is 30.2 Å². The first-order valence-electron chi connectivity index (χ1n) is 5.94. The van der Waals surface area contributed by atoms with Gasteiger partial charge in [0.15, 0.2) is 0 Å². The van der Waals surface area contributed by atoms with Crippen molar-refractivity contribution >= 4 is 10.9 Å². The number of nitrogens with zero attached hydrogens (tertiary/aromatic N) is 4. The van der Waals surface area contributed by atoms with Gasteiger partial charge in [0, 0.05) is 23.0 Å². The van der Waals surface area contributed by atoms with E-state index in [1.165, 1.54) is 6.07 Å². The fourth-order valence-corrected chi connectivity index (χ4v) is 2.21. The number of azide groups is 1. The fourth-order valence-electron chi connectivity index (χ4n) is 2.21. The van der Waals surface area contributed by atoms with E-state index in [0.717, 1.165) is 10.9 Å². The van der Waals surface area contributed by atoms with Gasteiger partial charge in [-0.1, -0.05) is 12.0 Å². The Morgan fingerprint density at radius 2 is 2.26 bits per heavy atom. The van der Waals surface area contributed by atoms with Gasteiger partial charge in [0.05, 0.1) is 18.7 Å². The second-order valence-electron chi connectivity index (χ2n) is 4.47. The van der Waals surface area contributed by atoms with Gasteiger partial charge < -0.3 is 9.30 Å². The number of hydrogen-bond acceptors (Lipinski definition) is 2. The average molecular weight is 262 g/mol. The zero-order valence-corrected chi connectivity index (χ0v) is 11.1. The van der Waals surface area contributed by atoms with Crippen LogP contribution < -0.4 is 4.74 Å². The summed E-state index contributed by atoms with van der Waals surface area (Å²) in [7, 11) is 1.56. The minimum atomic E-state index is -0.258. The molecule has 0 bridgehead atoms. The van der Waals surface area contributed by atoms with Crippen molar-refractivity contribution in [3.8, 4) is 5.75 Å². The van der Waals surface area contributed by atoms with E-state index >= 15 is 0 Å². The van der Waals surface area contributed by atoms with Crippen LogP contribution in [0.3, 0.4) is 0 Å². The number of halogens is 1. The second-order valence-corrected chi connectivity index (χ2v) is 4.47. The van der Waals surface area contributed by atoms with Gasteiger partial charge in [0.1, 0.15) is 11.6 Å². The normalized spacial score (nSPS) is 12.2. The lowest BCUT2D eigenvalue weighted by atomic mass is 10.1. The number of methoxy groups -OCH3 is 1. The van der Waals surface area contributed by atoms with E-state index in [0.29, 0.717) is 17.9 Å². The summed E-state index contributed by atoms with van der Waals surface area (Å²) in [6, 6.07) is 2.96. The average Bonchev–Trinajstić information content (AvgIpc) is 2.73. The molecule has 0 saturated carbocycles. The third-order valence-electron chi connectivity index (χ3n) is 3.14. The van der Waals surface area contributed by atoms with Crippen molar-refractivity contribution in [2.75, 3.05) is 7.11 Å². The molecule has 0 spiro atoms. The molecule has 0 fully saturated rings. The maximum Gasteiger partial charge on any atom is 0.144 e. The van der Waals surface area contributed by atoms with Crippen LogP contribution in [0.1, 0.15) is 12.5 Å². The Morgan fingerprint density at radius 3 is 2.89 bits per heavy atom. The molecule has 1 atom stereocenters. The first kappa shape index (κ1) is 13.2. The molecule has 1 heterocycles. The van der Waals surface area contributed by atoms with Crippen molar-refractivity contribution in [1.29, 1.82) is 0 Å². The molecule has 100 valence electrons. The van der Waals surface area contributed by atoms with Crippen molar-refractivity contribution in [3.05, 3.63) is 40.2 Å². The predicted octanol–water partition coefficient (Wildman–Crippen LogP) is 3.80. The summed E-state index contributed by atoms with van der Waals surface area (Å²) in [6.07, 6.45) is 1.81. The lowest BCUT2D eigenvalue weighted by molar-refractivity contribution is 0.416. The molecule has 0 radical (unpaired) electrons. The van der Waals surface area contributed by atoms with Crippen LogP contribution in [0.5, 0.6) is 5.75 Å². The molecule has 0 saturated heterocycles. The van der Waals surface area contributed by atoms with Gasteiger partial charge in [0.25, 0.3) is 0 Å². The molecule has 2 rings (SSSR count). The number of benzene rings is 1. The third kappa shape index (κ3) is 2.35. The number of fused-ring (bicyclic) bond motifs is 1. The lowest BCUT2D eigenvalue weighted by Gasteiger charge is -2.08. The van der Waals surface area contributed by atoms with Gasteiger partial charge in [-0.25, -0.2) is 4.39 Å².